The van der Waals surface area contributed by atoms with Crippen LogP contribution in [0.15, 0.2) is 28.9 Å². The minimum absolute atomic E-state index is 0.261. The van der Waals surface area contributed by atoms with Crippen molar-refractivity contribution < 1.29 is 18.7 Å². The predicted molar refractivity (Wildman–Crippen MR) is 56.7 cm³/mol. The van der Waals surface area contributed by atoms with Gasteiger partial charge in [0.2, 0.25) is 0 Å². The van der Waals surface area contributed by atoms with Gasteiger partial charge in [0, 0.05) is 5.39 Å². The van der Waals surface area contributed by atoms with Gasteiger partial charge in [-0.2, -0.15) is 0 Å². The van der Waals surface area contributed by atoms with E-state index in [1.165, 1.54) is 18.4 Å². The third-order valence-electron chi connectivity index (χ3n) is 2.54. The lowest BCUT2D eigenvalue weighted by Gasteiger charge is -2.06. The fourth-order valence-corrected chi connectivity index (χ4v) is 1.68. The molecule has 4 heteroatoms. The van der Waals surface area contributed by atoms with Crippen molar-refractivity contribution in [2.45, 2.75) is 13.3 Å². The maximum atomic E-state index is 13.2. The largest absolute Gasteiger partial charge is 0.481 e. The van der Waals surface area contributed by atoms with Crippen molar-refractivity contribution >= 4 is 16.9 Å². The molecule has 0 saturated carbocycles. The molecule has 0 spiro atoms. The molecule has 1 aromatic carbocycles. The Hall–Kier alpha value is -1.84. The summed E-state index contributed by atoms with van der Waals surface area (Å²) < 4.78 is 18.5. The Bertz CT molecular complexity index is 530. The first kappa shape index (κ1) is 10.7. The molecule has 1 heterocycles. The van der Waals surface area contributed by atoms with Gasteiger partial charge in [0.05, 0.1) is 12.2 Å². The van der Waals surface area contributed by atoms with E-state index in [0.29, 0.717) is 16.5 Å². The SMILES string of the molecule is CC(Cc1cc(F)cc2ccoc12)C(=O)O. The lowest BCUT2D eigenvalue weighted by atomic mass is 10.00. The zero-order valence-corrected chi connectivity index (χ0v) is 8.74. The third-order valence-corrected chi connectivity index (χ3v) is 2.54. The first-order valence-corrected chi connectivity index (χ1v) is 4.96. The van der Waals surface area contributed by atoms with Gasteiger partial charge in [-0.25, -0.2) is 4.39 Å². The molecular formula is C12H11FO3. The molecule has 1 N–H and O–H groups in total. The monoisotopic (exact) mass is 222 g/mol. The summed E-state index contributed by atoms with van der Waals surface area (Å²) in [4.78, 5) is 10.7. The van der Waals surface area contributed by atoms with Crippen LogP contribution in [0.3, 0.4) is 0 Å². The van der Waals surface area contributed by atoms with Crippen LogP contribution in [0, 0.1) is 11.7 Å². The van der Waals surface area contributed by atoms with Crippen LogP contribution >= 0.6 is 0 Å². The zero-order chi connectivity index (χ0) is 11.7. The van der Waals surface area contributed by atoms with Gasteiger partial charge < -0.3 is 9.52 Å². The second kappa shape index (κ2) is 3.96. The van der Waals surface area contributed by atoms with Crippen molar-refractivity contribution in [1.82, 2.24) is 0 Å². The summed E-state index contributed by atoms with van der Waals surface area (Å²) in [5.74, 6) is -1.83. The van der Waals surface area contributed by atoms with Gasteiger partial charge in [-0.1, -0.05) is 6.92 Å². The average molecular weight is 222 g/mol. The second-order valence-electron chi connectivity index (χ2n) is 3.85. The van der Waals surface area contributed by atoms with Gasteiger partial charge in [-0.3, -0.25) is 4.79 Å². The molecule has 2 rings (SSSR count). The summed E-state index contributed by atoms with van der Waals surface area (Å²) in [6, 6.07) is 4.35. The maximum absolute atomic E-state index is 13.2. The molecule has 0 aliphatic heterocycles. The average Bonchev–Trinajstić information content (AvgIpc) is 2.65. The van der Waals surface area contributed by atoms with Crippen LogP contribution in [0.2, 0.25) is 0 Å². The van der Waals surface area contributed by atoms with Crippen LogP contribution in [0.25, 0.3) is 11.0 Å². The summed E-state index contributed by atoms with van der Waals surface area (Å²) >= 11 is 0. The number of furan rings is 1. The molecular weight excluding hydrogens is 211 g/mol. The quantitative estimate of drug-likeness (QED) is 0.868. The highest BCUT2D eigenvalue weighted by Gasteiger charge is 2.15. The van der Waals surface area contributed by atoms with Gasteiger partial charge >= 0.3 is 5.97 Å². The van der Waals surface area contributed by atoms with E-state index < -0.39 is 11.9 Å². The van der Waals surface area contributed by atoms with Crippen LogP contribution in [0.1, 0.15) is 12.5 Å². The van der Waals surface area contributed by atoms with E-state index in [2.05, 4.69) is 0 Å². The number of carbonyl (C=O) groups is 1. The summed E-state index contributed by atoms with van der Waals surface area (Å²) in [5, 5.41) is 9.47. The molecule has 16 heavy (non-hydrogen) atoms. The van der Waals surface area contributed by atoms with E-state index in [1.807, 2.05) is 0 Å². The number of fused-ring (bicyclic) bond motifs is 1. The van der Waals surface area contributed by atoms with Gasteiger partial charge in [0.1, 0.15) is 11.4 Å². The normalized spacial score (nSPS) is 12.9. The predicted octanol–water partition coefficient (Wildman–Crippen LogP) is 2.84. The van der Waals surface area contributed by atoms with Crippen molar-refractivity contribution in [3.63, 3.8) is 0 Å². The first-order valence-electron chi connectivity index (χ1n) is 4.96. The highest BCUT2D eigenvalue weighted by molar-refractivity contribution is 5.81. The van der Waals surface area contributed by atoms with E-state index >= 15 is 0 Å². The molecule has 0 fully saturated rings. The fourth-order valence-electron chi connectivity index (χ4n) is 1.68. The minimum atomic E-state index is -0.899. The molecule has 0 saturated heterocycles. The number of carboxylic acids is 1. The van der Waals surface area contributed by atoms with Gasteiger partial charge in [-0.15, -0.1) is 0 Å². The number of halogens is 1. The summed E-state index contributed by atoms with van der Waals surface area (Å²) in [6.45, 7) is 1.59. The summed E-state index contributed by atoms with van der Waals surface area (Å²) in [5.41, 5.74) is 1.16. The molecule has 0 aliphatic carbocycles. The molecule has 1 atom stereocenters. The third kappa shape index (κ3) is 1.91. The van der Waals surface area contributed by atoms with Crippen molar-refractivity contribution in [3.8, 4) is 0 Å². The number of hydrogen-bond donors (Lipinski definition) is 1. The van der Waals surface area contributed by atoms with Crippen LogP contribution in [0.5, 0.6) is 0 Å². The van der Waals surface area contributed by atoms with E-state index in [4.69, 9.17) is 9.52 Å². The van der Waals surface area contributed by atoms with Gasteiger partial charge in [0.15, 0.2) is 0 Å². The van der Waals surface area contributed by atoms with Gasteiger partial charge in [-0.05, 0) is 30.2 Å². The number of rotatable bonds is 3. The lowest BCUT2D eigenvalue weighted by molar-refractivity contribution is -0.141. The summed E-state index contributed by atoms with van der Waals surface area (Å²) in [7, 11) is 0. The molecule has 1 unspecified atom stereocenters. The Balaban J connectivity index is 2.42. The zero-order valence-electron chi connectivity index (χ0n) is 8.74. The highest BCUT2D eigenvalue weighted by Crippen LogP contribution is 2.24. The first-order chi connectivity index (χ1) is 7.58. The number of hydrogen-bond acceptors (Lipinski definition) is 2. The van der Waals surface area contributed by atoms with Gasteiger partial charge in [0.25, 0.3) is 0 Å². The van der Waals surface area contributed by atoms with Crippen LogP contribution in [-0.2, 0) is 11.2 Å². The van der Waals surface area contributed by atoms with Crippen molar-refractivity contribution in [1.29, 1.82) is 0 Å². The number of aliphatic carboxylic acids is 1. The van der Waals surface area contributed by atoms with Crippen LogP contribution < -0.4 is 0 Å². The van der Waals surface area contributed by atoms with Crippen molar-refractivity contribution in [2.75, 3.05) is 0 Å². The highest BCUT2D eigenvalue weighted by atomic mass is 19.1. The molecule has 0 bridgehead atoms. The molecule has 0 radical (unpaired) electrons. The standard InChI is InChI=1S/C12H11FO3/c1-7(12(14)15)4-9-6-10(13)5-8-2-3-16-11(8)9/h2-3,5-7H,4H2,1H3,(H,14,15). The fraction of sp³-hybridized carbons (Fsp3) is 0.250. The Labute approximate surface area is 91.5 Å². The van der Waals surface area contributed by atoms with Crippen LogP contribution in [0.4, 0.5) is 4.39 Å². The topological polar surface area (TPSA) is 50.4 Å². The molecule has 2 aromatic rings. The summed E-state index contributed by atoms with van der Waals surface area (Å²) in [6.07, 6.45) is 1.73. The maximum Gasteiger partial charge on any atom is 0.306 e. The van der Waals surface area contributed by atoms with Crippen LogP contribution in [-0.4, -0.2) is 11.1 Å². The van der Waals surface area contributed by atoms with Crippen molar-refractivity contribution in [3.05, 3.63) is 35.8 Å². The van der Waals surface area contributed by atoms with E-state index in [1.54, 1.807) is 13.0 Å². The molecule has 0 amide bonds. The number of carboxylic acid groups (broad SMARTS) is 1. The van der Waals surface area contributed by atoms with E-state index in [9.17, 15) is 9.18 Å². The lowest BCUT2D eigenvalue weighted by Crippen LogP contribution is -2.12. The molecule has 0 aliphatic rings. The Kier molecular flexibility index (Phi) is 2.64. The Morgan fingerprint density at radius 2 is 2.31 bits per heavy atom. The Morgan fingerprint density at radius 1 is 1.56 bits per heavy atom. The molecule has 3 nitrogen and oxygen atoms in total. The van der Waals surface area contributed by atoms with Crippen molar-refractivity contribution in [2.24, 2.45) is 5.92 Å². The number of benzene rings is 1. The molecule has 84 valence electrons. The van der Waals surface area contributed by atoms with E-state index in [-0.39, 0.29) is 12.2 Å². The minimum Gasteiger partial charge on any atom is -0.481 e. The van der Waals surface area contributed by atoms with E-state index in [0.717, 1.165) is 0 Å². The molecule has 1 aromatic heterocycles. The smallest absolute Gasteiger partial charge is 0.306 e. The Morgan fingerprint density at radius 3 is 3.00 bits per heavy atom. The second-order valence-corrected chi connectivity index (χ2v) is 3.85.